The molecule has 1 aromatic carbocycles. The highest BCUT2D eigenvalue weighted by Gasteiger charge is 2.32. The molecule has 0 saturated carbocycles. The molecule has 0 spiro atoms. The maximum Gasteiger partial charge on any atom is 0.416 e. The lowest BCUT2D eigenvalue weighted by Crippen LogP contribution is -2.42. The first-order chi connectivity index (χ1) is 9.48. The minimum Gasteiger partial charge on any atom is -0.388 e. The highest BCUT2D eigenvalue weighted by atomic mass is 32.2. The van der Waals surface area contributed by atoms with Gasteiger partial charge in [-0.3, -0.25) is 0 Å². The summed E-state index contributed by atoms with van der Waals surface area (Å²) in [4.78, 5) is -0.489. The van der Waals surface area contributed by atoms with Crippen LogP contribution in [0.25, 0.3) is 0 Å². The molecule has 0 radical (unpaired) electrons. The summed E-state index contributed by atoms with van der Waals surface area (Å²) in [5.41, 5.74) is -2.32. The molecule has 0 aliphatic heterocycles. The van der Waals surface area contributed by atoms with Gasteiger partial charge in [-0.05, 0) is 31.4 Å². The first-order valence-electron chi connectivity index (χ1n) is 5.86. The Hall–Kier alpha value is -0.770. The molecule has 120 valence electrons. The molecule has 0 aliphatic carbocycles. The normalized spacial score (nSPS) is 15.7. The van der Waals surface area contributed by atoms with Crippen molar-refractivity contribution in [1.82, 2.24) is 4.72 Å². The number of hydrogen-bond donors (Lipinski definition) is 2. The lowest BCUT2D eigenvalue weighted by atomic mass is 10.1. The van der Waals surface area contributed by atoms with Crippen LogP contribution >= 0.6 is 11.8 Å². The molecule has 0 aromatic heterocycles. The topological polar surface area (TPSA) is 66.4 Å². The number of sulfonamides is 1. The molecule has 0 aliphatic rings. The Morgan fingerprint density at radius 2 is 1.95 bits per heavy atom. The first-order valence-corrected chi connectivity index (χ1v) is 8.74. The molecule has 1 rings (SSSR count). The Morgan fingerprint density at radius 3 is 2.48 bits per heavy atom. The fraction of sp³-hybridized carbons (Fsp3) is 0.500. The van der Waals surface area contributed by atoms with Crippen LogP contribution in [0.2, 0.25) is 0 Å². The highest BCUT2D eigenvalue weighted by molar-refractivity contribution is 7.98. The van der Waals surface area contributed by atoms with Gasteiger partial charge >= 0.3 is 6.18 Å². The maximum absolute atomic E-state index is 12.6. The predicted octanol–water partition coefficient (Wildman–Crippen LogP) is 2.10. The molecule has 1 atom stereocenters. The largest absolute Gasteiger partial charge is 0.416 e. The van der Waals surface area contributed by atoms with Crippen molar-refractivity contribution in [3.8, 4) is 0 Å². The summed E-state index contributed by atoms with van der Waals surface area (Å²) in [5, 5.41) is 9.88. The van der Waals surface area contributed by atoms with Crippen LogP contribution in [0.15, 0.2) is 29.2 Å². The van der Waals surface area contributed by atoms with Crippen molar-refractivity contribution in [2.45, 2.75) is 23.6 Å². The number of thioether (sulfide) groups is 1. The van der Waals surface area contributed by atoms with Crippen molar-refractivity contribution >= 4 is 21.8 Å². The second-order valence-electron chi connectivity index (χ2n) is 4.78. The van der Waals surface area contributed by atoms with Crippen molar-refractivity contribution < 1.29 is 26.7 Å². The number of aliphatic hydroxyl groups is 1. The van der Waals surface area contributed by atoms with E-state index < -0.39 is 32.3 Å². The quantitative estimate of drug-likeness (QED) is 0.830. The lowest BCUT2D eigenvalue weighted by Gasteiger charge is -2.22. The van der Waals surface area contributed by atoms with Gasteiger partial charge in [0.2, 0.25) is 10.0 Å². The third-order valence-corrected chi connectivity index (χ3v) is 4.88. The van der Waals surface area contributed by atoms with Crippen LogP contribution in [0.3, 0.4) is 0 Å². The van der Waals surface area contributed by atoms with Gasteiger partial charge in [-0.25, -0.2) is 13.1 Å². The van der Waals surface area contributed by atoms with E-state index in [-0.39, 0.29) is 12.3 Å². The Bertz CT molecular complexity index is 586. The molecule has 2 N–H and O–H groups in total. The summed E-state index contributed by atoms with van der Waals surface area (Å²) in [6.07, 6.45) is -2.87. The van der Waals surface area contributed by atoms with Crippen LogP contribution in [0, 0.1) is 0 Å². The van der Waals surface area contributed by atoms with E-state index in [2.05, 4.69) is 4.72 Å². The van der Waals surface area contributed by atoms with Gasteiger partial charge in [0.1, 0.15) is 0 Å². The summed E-state index contributed by atoms with van der Waals surface area (Å²) >= 11 is 1.33. The van der Waals surface area contributed by atoms with Gasteiger partial charge in [0.15, 0.2) is 0 Å². The second-order valence-corrected chi connectivity index (χ2v) is 7.41. The van der Waals surface area contributed by atoms with E-state index in [1.54, 1.807) is 6.26 Å². The smallest absolute Gasteiger partial charge is 0.388 e. The van der Waals surface area contributed by atoms with Crippen molar-refractivity contribution in [1.29, 1.82) is 0 Å². The number of rotatable bonds is 6. The number of hydrogen-bond acceptors (Lipinski definition) is 4. The maximum atomic E-state index is 12.6. The van der Waals surface area contributed by atoms with Gasteiger partial charge in [0.25, 0.3) is 0 Å². The van der Waals surface area contributed by atoms with Gasteiger partial charge in [-0.1, -0.05) is 6.07 Å². The van der Waals surface area contributed by atoms with Gasteiger partial charge in [-0.2, -0.15) is 24.9 Å². The van der Waals surface area contributed by atoms with E-state index in [0.29, 0.717) is 6.07 Å². The molecule has 9 heteroatoms. The average Bonchev–Trinajstić information content (AvgIpc) is 2.36. The van der Waals surface area contributed by atoms with Gasteiger partial charge in [0.05, 0.1) is 16.1 Å². The van der Waals surface area contributed by atoms with Crippen molar-refractivity contribution in [2.24, 2.45) is 0 Å². The second kappa shape index (κ2) is 6.55. The van der Waals surface area contributed by atoms with Crippen molar-refractivity contribution in [2.75, 3.05) is 18.6 Å². The molecule has 21 heavy (non-hydrogen) atoms. The van der Waals surface area contributed by atoms with Crippen LogP contribution < -0.4 is 4.72 Å². The molecular formula is C12H16F3NO3S2. The fourth-order valence-corrected chi connectivity index (χ4v) is 3.47. The third-order valence-electron chi connectivity index (χ3n) is 2.57. The standard InChI is InChI=1S/C12H16F3NO3S2/c1-11(17,8-20-2)7-16-21(18,19)10-5-3-4-9(6-10)12(13,14)15/h3-6,16-17H,7-8H2,1-2H3/t11-/m0/s1. The van der Waals surface area contributed by atoms with Gasteiger partial charge in [-0.15, -0.1) is 0 Å². The predicted molar refractivity (Wildman–Crippen MR) is 75.6 cm³/mol. The molecule has 0 fully saturated rings. The monoisotopic (exact) mass is 343 g/mol. The number of alkyl halides is 3. The van der Waals surface area contributed by atoms with Crippen LogP contribution in [0.4, 0.5) is 13.2 Å². The minimum atomic E-state index is -4.62. The zero-order valence-corrected chi connectivity index (χ0v) is 13.1. The molecule has 0 bridgehead atoms. The highest BCUT2D eigenvalue weighted by Crippen LogP contribution is 2.30. The number of benzene rings is 1. The molecule has 1 aromatic rings. The van der Waals surface area contributed by atoms with Gasteiger partial charge < -0.3 is 5.11 Å². The molecular weight excluding hydrogens is 327 g/mol. The summed E-state index contributed by atoms with van der Waals surface area (Å²) in [5.74, 6) is 0.290. The fourth-order valence-electron chi connectivity index (χ4n) is 1.54. The Morgan fingerprint density at radius 1 is 1.33 bits per heavy atom. The van der Waals surface area contributed by atoms with Crippen LogP contribution in [0.1, 0.15) is 12.5 Å². The molecule has 0 heterocycles. The Kier molecular flexibility index (Phi) is 5.70. The molecule has 0 amide bonds. The SMILES string of the molecule is CSC[C@@](C)(O)CNS(=O)(=O)c1cccc(C(F)(F)F)c1. The van der Waals surface area contributed by atoms with E-state index in [9.17, 15) is 26.7 Å². The van der Waals surface area contributed by atoms with E-state index in [1.165, 1.54) is 18.7 Å². The van der Waals surface area contributed by atoms with E-state index >= 15 is 0 Å². The van der Waals surface area contributed by atoms with Crippen molar-refractivity contribution in [3.63, 3.8) is 0 Å². The van der Waals surface area contributed by atoms with Crippen LogP contribution in [0.5, 0.6) is 0 Å². The van der Waals surface area contributed by atoms with Crippen LogP contribution in [-0.2, 0) is 16.2 Å². The van der Waals surface area contributed by atoms with Crippen molar-refractivity contribution in [3.05, 3.63) is 29.8 Å². The zero-order valence-electron chi connectivity index (χ0n) is 11.4. The Labute approximate surface area is 125 Å². The summed E-state index contributed by atoms with van der Waals surface area (Å²) in [6, 6.07) is 3.45. The third kappa shape index (κ3) is 5.50. The molecule has 0 unspecified atom stereocenters. The van der Waals surface area contributed by atoms with E-state index in [4.69, 9.17) is 0 Å². The Balaban J connectivity index is 2.94. The molecule has 0 saturated heterocycles. The van der Waals surface area contributed by atoms with Gasteiger partial charge in [0, 0.05) is 12.3 Å². The van der Waals surface area contributed by atoms with Crippen LogP contribution in [-0.4, -0.2) is 37.7 Å². The summed E-state index contributed by atoms with van der Waals surface area (Å²) < 4.78 is 63.8. The minimum absolute atomic E-state index is 0.285. The first kappa shape index (κ1) is 18.3. The number of nitrogens with one attached hydrogen (secondary N) is 1. The van der Waals surface area contributed by atoms with E-state index in [1.807, 2.05) is 0 Å². The zero-order chi connectivity index (χ0) is 16.3. The molecule has 4 nitrogen and oxygen atoms in total. The average molecular weight is 343 g/mol. The van der Waals surface area contributed by atoms with E-state index in [0.717, 1.165) is 18.2 Å². The summed E-state index contributed by atoms with van der Waals surface area (Å²) in [6.45, 7) is 1.16. The lowest BCUT2D eigenvalue weighted by molar-refractivity contribution is -0.137. The number of halogens is 3. The summed E-state index contributed by atoms with van der Waals surface area (Å²) in [7, 11) is -4.11.